The fraction of sp³-hybridized carbons (Fsp3) is 0.0714. The summed E-state index contributed by atoms with van der Waals surface area (Å²) < 4.78 is 5.61. The summed E-state index contributed by atoms with van der Waals surface area (Å²) in [4.78, 5) is 0. The van der Waals surface area contributed by atoms with E-state index >= 15 is 0 Å². The highest BCUT2D eigenvalue weighted by Gasteiger charge is 2.04. The average Bonchev–Trinajstić information content (AvgIpc) is 2.38. The van der Waals surface area contributed by atoms with Gasteiger partial charge in [-0.3, -0.25) is 0 Å². The number of nitrogens with zero attached hydrogens (tertiary/aromatic N) is 1. The Morgan fingerprint density at radius 2 is 1.94 bits per heavy atom. The minimum Gasteiger partial charge on any atom is -0.489 e. The van der Waals surface area contributed by atoms with Gasteiger partial charge in [0.1, 0.15) is 12.4 Å². The predicted octanol–water partition coefficient (Wildman–Crippen LogP) is 2.70. The van der Waals surface area contributed by atoms with E-state index in [1.165, 1.54) is 0 Å². The SMILES string of the molecule is C=CCOc1ccc(C=NN)c2ccccc12. The van der Waals surface area contributed by atoms with E-state index in [4.69, 9.17) is 10.6 Å². The molecule has 2 aromatic carbocycles. The van der Waals surface area contributed by atoms with Gasteiger partial charge in [0, 0.05) is 10.9 Å². The van der Waals surface area contributed by atoms with Gasteiger partial charge in [-0.2, -0.15) is 5.10 Å². The van der Waals surface area contributed by atoms with Crippen LogP contribution in [0, 0.1) is 0 Å². The summed E-state index contributed by atoms with van der Waals surface area (Å²) in [5, 5.41) is 5.69. The van der Waals surface area contributed by atoms with Crippen molar-refractivity contribution in [3.8, 4) is 5.75 Å². The number of nitrogens with two attached hydrogens (primary N) is 1. The molecule has 0 bridgehead atoms. The van der Waals surface area contributed by atoms with Crippen molar-refractivity contribution in [2.75, 3.05) is 6.61 Å². The number of rotatable bonds is 4. The monoisotopic (exact) mass is 226 g/mol. The smallest absolute Gasteiger partial charge is 0.127 e. The summed E-state index contributed by atoms with van der Waals surface area (Å²) in [5.41, 5.74) is 0.981. The zero-order valence-corrected chi connectivity index (χ0v) is 9.47. The van der Waals surface area contributed by atoms with Crippen LogP contribution in [0.2, 0.25) is 0 Å². The normalized spacial score (nSPS) is 10.8. The van der Waals surface area contributed by atoms with Crippen molar-refractivity contribution in [1.82, 2.24) is 0 Å². The second-order valence-electron chi connectivity index (χ2n) is 3.58. The zero-order chi connectivity index (χ0) is 12.1. The van der Waals surface area contributed by atoms with E-state index < -0.39 is 0 Å². The van der Waals surface area contributed by atoms with Gasteiger partial charge in [0.25, 0.3) is 0 Å². The van der Waals surface area contributed by atoms with Crippen molar-refractivity contribution < 1.29 is 4.74 Å². The van der Waals surface area contributed by atoms with Crippen LogP contribution < -0.4 is 10.6 Å². The maximum atomic E-state index is 5.61. The molecule has 0 saturated carbocycles. The van der Waals surface area contributed by atoms with Crippen molar-refractivity contribution in [3.63, 3.8) is 0 Å². The second kappa shape index (κ2) is 5.16. The van der Waals surface area contributed by atoms with Crippen LogP contribution in [0.4, 0.5) is 0 Å². The van der Waals surface area contributed by atoms with Gasteiger partial charge in [0.05, 0.1) is 6.21 Å². The topological polar surface area (TPSA) is 47.6 Å². The van der Waals surface area contributed by atoms with Crippen LogP contribution in [0.25, 0.3) is 10.8 Å². The number of hydrogen-bond donors (Lipinski definition) is 1. The highest BCUT2D eigenvalue weighted by molar-refractivity contribution is 6.02. The largest absolute Gasteiger partial charge is 0.489 e. The highest BCUT2D eigenvalue weighted by Crippen LogP contribution is 2.27. The Morgan fingerprint density at radius 1 is 1.18 bits per heavy atom. The van der Waals surface area contributed by atoms with Gasteiger partial charge in [-0.05, 0) is 17.5 Å². The van der Waals surface area contributed by atoms with Gasteiger partial charge in [-0.25, -0.2) is 0 Å². The highest BCUT2D eigenvalue weighted by atomic mass is 16.5. The molecular formula is C14H14N2O. The standard InChI is InChI=1S/C14H14N2O/c1-2-9-17-14-8-7-11(10-16-15)12-5-3-4-6-13(12)14/h2-8,10H,1,9,15H2. The van der Waals surface area contributed by atoms with Crippen LogP contribution in [0.3, 0.4) is 0 Å². The Kier molecular flexibility index (Phi) is 3.40. The number of hydrazone groups is 1. The molecule has 2 aromatic rings. The molecule has 0 aromatic heterocycles. The lowest BCUT2D eigenvalue weighted by atomic mass is 10.0. The molecule has 2 N–H and O–H groups in total. The van der Waals surface area contributed by atoms with Gasteiger partial charge in [-0.1, -0.05) is 36.9 Å². The minimum atomic E-state index is 0.494. The molecule has 0 aliphatic carbocycles. The molecule has 0 atom stereocenters. The summed E-state index contributed by atoms with van der Waals surface area (Å²) in [6, 6.07) is 11.9. The molecule has 3 heteroatoms. The van der Waals surface area contributed by atoms with E-state index in [9.17, 15) is 0 Å². The predicted molar refractivity (Wildman–Crippen MR) is 71.4 cm³/mol. The molecule has 0 radical (unpaired) electrons. The molecule has 2 rings (SSSR count). The fourth-order valence-electron chi connectivity index (χ4n) is 1.76. The maximum absolute atomic E-state index is 5.61. The van der Waals surface area contributed by atoms with Gasteiger partial charge >= 0.3 is 0 Å². The lowest BCUT2D eigenvalue weighted by Gasteiger charge is -2.09. The molecule has 0 amide bonds. The summed E-state index contributed by atoms with van der Waals surface area (Å²) in [6.07, 6.45) is 3.36. The first kappa shape index (κ1) is 11.2. The number of benzene rings is 2. The van der Waals surface area contributed by atoms with Crippen LogP contribution in [0.15, 0.2) is 54.2 Å². The van der Waals surface area contributed by atoms with E-state index in [1.807, 2.05) is 36.4 Å². The van der Waals surface area contributed by atoms with Crippen molar-refractivity contribution in [2.45, 2.75) is 0 Å². The molecule has 0 spiro atoms. The van der Waals surface area contributed by atoms with Crippen LogP contribution in [0.5, 0.6) is 5.75 Å². The Bertz CT molecular complexity index is 561. The third-order valence-corrected chi connectivity index (χ3v) is 2.49. The lowest BCUT2D eigenvalue weighted by molar-refractivity contribution is 0.367. The van der Waals surface area contributed by atoms with Crippen LogP contribution in [-0.4, -0.2) is 12.8 Å². The van der Waals surface area contributed by atoms with Crippen molar-refractivity contribution in [2.24, 2.45) is 10.9 Å². The third kappa shape index (κ3) is 2.28. The molecule has 86 valence electrons. The molecule has 0 fully saturated rings. The van der Waals surface area contributed by atoms with E-state index in [1.54, 1.807) is 12.3 Å². The quantitative estimate of drug-likeness (QED) is 0.377. The Morgan fingerprint density at radius 3 is 2.65 bits per heavy atom. The van der Waals surface area contributed by atoms with Crippen LogP contribution >= 0.6 is 0 Å². The molecule has 0 saturated heterocycles. The van der Waals surface area contributed by atoms with E-state index in [-0.39, 0.29) is 0 Å². The summed E-state index contributed by atoms with van der Waals surface area (Å²) >= 11 is 0. The number of hydrogen-bond acceptors (Lipinski definition) is 3. The summed E-state index contributed by atoms with van der Waals surface area (Å²) in [5.74, 6) is 6.04. The van der Waals surface area contributed by atoms with E-state index in [0.717, 1.165) is 22.1 Å². The Balaban J connectivity index is 2.57. The fourth-order valence-corrected chi connectivity index (χ4v) is 1.76. The molecule has 0 aliphatic heterocycles. The summed E-state index contributed by atoms with van der Waals surface area (Å²) in [7, 11) is 0. The first-order valence-corrected chi connectivity index (χ1v) is 5.35. The Hall–Kier alpha value is -2.29. The second-order valence-corrected chi connectivity index (χ2v) is 3.58. The van der Waals surface area contributed by atoms with Gasteiger partial charge in [0.2, 0.25) is 0 Å². The average molecular weight is 226 g/mol. The van der Waals surface area contributed by atoms with Crippen molar-refractivity contribution in [1.29, 1.82) is 0 Å². The molecule has 3 nitrogen and oxygen atoms in total. The molecule has 0 aliphatic rings. The minimum absolute atomic E-state index is 0.494. The molecule has 0 heterocycles. The molecule has 0 unspecified atom stereocenters. The lowest BCUT2D eigenvalue weighted by Crippen LogP contribution is -1.95. The zero-order valence-electron chi connectivity index (χ0n) is 9.47. The van der Waals surface area contributed by atoms with E-state index in [0.29, 0.717) is 6.61 Å². The van der Waals surface area contributed by atoms with Gasteiger partial charge < -0.3 is 10.6 Å². The van der Waals surface area contributed by atoms with Crippen molar-refractivity contribution >= 4 is 17.0 Å². The molecular weight excluding hydrogens is 212 g/mol. The number of ether oxygens (including phenoxy) is 1. The maximum Gasteiger partial charge on any atom is 0.127 e. The van der Waals surface area contributed by atoms with E-state index in [2.05, 4.69) is 11.7 Å². The van der Waals surface area contributed by atoms with Crippen LogP contribution in [-0.2, 0) is 0 Å². The number of fused-ring (bicyclic) bond motifs is 1. The first-order valence-electron chi connectivity index (χ1n) is 5.35. The van der Waals surface area contributed by atoms with Crippen molar-refractivity contribution in [3.05, 3.63) is 54.6 Å². The third-order valence-electron chi connectivity index (χ3n) is 2.49. The Labute approximate surface area is 100 Å². The van der Waals surface area contributed by atoms with Gasteiger partial charge in [-0.15, -0.1) is 0 Å². The van der Waals surface area contributed by atoms with Crippen LogP contribution in [0.1, 0.15) is 5.56 Å². The van der Waals surface area contributed by atoms with Gasteiger partial charge in [0.15, 0.2) is 0 Å². The molecule has 17 heavy (non-hydrogen) atoms. The first-order chi connectivity index (χ1) is 8.36. The summed E-state index contributed by atoms with van der Waals surface area (Å²) in [6.45, 7) is 4.13.